The van der Waals surface area contributed by atoms with E-state index in [2.05, 4.69) is 0 Å². The average Bonchev–Trinajstić information content (AvgIpc) is 2.97. The molecular formula is C21H20N2O5. The predicted octanol–water partition coefficient (Wildman–Crippen LogP) is 3.82. The molecule has 2 aromatic rings. The van der Waals surface area contributed by atoms with Crippen LogP contribution in [0.1, 0.15) is 36.9 Å². The van der Waals surface area contributed by atoms with E-state index in [1.807, 2.05) is 6.92 Å². The number of rotatable bonds is 6. The van der Waals surface area contributed by atoms with Gasteiger partial charge in [0.05, 0.1) is 16.5 Å². The van der Waals surface area contributed by atoms with Crippen LogP contribution in [-0.2, 0) is 9.59 Å². The van der Waals surface area contributed by atoms with Gasteiger partial charge in [-0.05, 0) is 24.1 Å². The summed E-state index contributed by atoms with van der Waals surface area (Å²) in [5.41, 5.74) is 0.889. The van der Waals surface area contributed by atoms with Crippen molar-refractivity contribution in [3.05, 3.63) is 81.4 Å². The largest absolute Gasteiger partial charge is 0.507 e. The van der Waals surface area contributed by atoms with E-state index in [-0.39, 0.29) is 17.0 Å². The lowest BCUT2D eigenvalue weighted by Gasteiger charge is -2.25. The number of amides is 1. The van der Waals surface area contributed by atoms with Crippen LogP contribution in [0.5, 0.6) is 0 Å². The van der Waals surface area contributed by atoms with Gasteiger partial charge in [0.25, 0.3) is 17.4 Å². The molecule has 7 heteroatoms. The number of carbonyl (C=O) groups excluding carboxylic acids is 2. The lowest BCUT2D eigenvalue weighted by atomic mass is 9.95. The molecule has 1 aliphatic rings. The van der Waals surface area contributed by atoms with Crippen LogP contribution in [0.4, 0.5) is 5.69 Å². The first-order valence-electron chi connectivity index (χ1n) is 9.04. The molecule has 3 rings (SSSR count). The van der Waals surface area contributed by atoms with Crippen molar-refractivity contribution in [3.63, 3.8) is 0 Å². The number of nitro benzene ring substituents is 1. The minimum atomic E-state index is -0.785. The van der Waals surface area contributed by atoms with Crippen LogP contribution in [0.3, 0.4) is 0 Å². The lowest BCUT2D eigenvalue weighted by molar-refractivity contribution is -0.384. The summed E-state index contributed by atoms with van der Waals surface area (Å²) in [5, 5.41) is 21.7. The molecule has 1 saturated heterocycles. The second-order valence-electron chi connectivity index (χ2n) is 6.56. The number of aliphatic hydroxyl groups excluding tert-OH is 1. The Bertz CT molecular complexity index is 935. The summed E-state index contributed by atoms with van der Waals surface area (Å²) in [5.74, 6) is -1.67. The third-order valence-corrected chi connectivity index (χ3v) is 4.76. The van der Waals surface area contributed by atoms with Crippen molar-refractivity contribution in [1.29, 1.82) is 0 Å². The first-order chi connectivity index (χ1) is 13.5. The van der Waals surface area contributed by atoms with Crippen molar-refractivity contribution in [3.8, 4) is 0 Å². The monoisotopic (exact) mass is 380 g/mol. The Hall–Kier alpha value is -3.48. The Morgan fingerprint density at radius 1 is 1.11 bits per heavy atom. The molecule has 1 heterocycles. The number of aliphatic hydroxyl groups is 1. The van der Waals surface area contributed by atoms with E-state index >= 15 is 0 Å². The summed E-state index contributed by atoms with van der Waals surface area (Å²) >= 11 is 0. The zero-order valence-electron chi connectivity index (χ0n) is 15.4. The number of nitro groups is 1. The van der Waals surface area contributed by atoms with Crippen LogP contribution in [0.2, 0.25) is 0 Å². The van der Waals surface area contributed by atoms with Crippen molar-refractivity contribution in [2.45, 2.75) is 25.8 Å². The van der Waals surface area contributed by atoms with E-state index in [1.54, 1.807) is 30.3 Å². The summed E-state index contributed by atoms with van der Waals surface area (Å²) in [4.78, 5) is 37.2. The van der Waals surface area contributed by atoms with Gasteiger partial charge in [0.15, 0.2) is 0 Å². The highest BCUT2D eigenvalue weighted by atomic mass is 16.6. The van der Waals surface area contributed by atoms with Gasteiger partial charge in [-0.1, -0.05) is 43.7 Å². The van der Waals surface area contributed by atoms with Gasteiger partial charge in [-0.2, -0.15) is 0 Å². The fourth-order valence-electron chi connectivity index (χ4n) is 3.32. The highest BCUT2D eigenvalue weighted by molar-refractivity contribution is 6.46. The first kappa shape index (κ1) is 19.3. The van der Waals surface area contributed by atoms with Gasteiger partial charge in [-0.3, -0.25) is 19.7 Å². The minimum Gasteiger partial charge on any atom is -0.507 e. The molecule has 0 aromatic heterocycles. The smallest absolute Gasteiger partial charge is 0.295 e. The molecule has 144 valence electrons. The van der Waals surface area contributed by atoms with Gasteiger partial charge in [0.1, 0.15) is 5.76 Å². The normalized spacial score (nSPS) is 18.5. The van der Waals surface area contributed by atoms with Crippen LogP contribution in [-0.4, -0.2) is 33.2 Å². The van der Waals surface area contributed by atoms with Crippen molar-refractivity contribution in [1.82, 2.24) is 4.90 Å². The first-order valence-corrected chi connectivity index (χ1v) is 9.04. The number of likely N-dealkylation sites (tertiary alicyclic amines) is 1. The molecule has 1 N–H and O–H groups in total. The maximum absolute atomic E-state index is 12.7. The Kier molecular flexibility index (Phi) is 5.54. The van der Waals surface area contributed by atoms with Gasteiger partial charge in [0, 0.05) is 24.2 Å². The second-order valence-corrected chi connectivity index (χ2v) is 6.56. The zero-order chi connectivity index (χ0) is 20.3. The fraction of sp³-hybridized carbons (Fsp3) is 0.238. The highest BCUT2D eigenvalue weighted by Gasteiger charge is 2.45. The van der Waals surface area contributed by atoms with E-state index in [9.17, 15) is 24.8 Å². The maximum atomic E-state index is 12.7. The van der Waals surface area contributed by atoms with Crippen LogP contribution in [0, 0.1) is 10.1 Å². The van der Waals surface area contributed by atoms with Gasteiger partial charge in [0.2, 0.25) is 0 Å². The van der Waals surface area contributed by atoms with E-state index in [0.29, 0.717) is 24.1 Å². The molecule has 0 radical (unpaired) electrons. The molecule has 0 saturated carbocycles. The number of carbonyl (C=O) groups is 2. The van der Waals surface area contributed by atoms with Crippen molar-refractivity contribution in [2.24, 2.45) is 0 Å². The number of non-ortho nitro benzene ring substituents is 1. The lowest BCUT2D eigenvalue weighted by Crippen LogP contribution is -2.30. The third kappa shape index (κ3) is 3.51. The Balaban J connectivity index is 2.14. The number of nitrogens with zero attached hydrogens (tertiary/aromatic N) is 2. The average molecular weight is 380 g/mol. The van der Waals surface area contributed by atoms with E-state index in [0.717, 1.165) is 6.42 Å². The van der Waals surface area contributed by atoms with E-state index in [1.165, 1.54) is 29.2 Å². The number of unbranched alkanes of at least 4 members (excludes halogenated alkanes) is 1. The number of Topliss-reactive ketones (excluding diaryl/α,β-unsaturated/α-hetero) is 1. The molecule has 7 nitrogen and oxygen atoms in total. The molecule has 1 amide bonds. The van der Waals surface area contributed by atoms with Crippen LogP contribution in [0.25, 0.3) is 5.76 Å². The Morgan fingerprint density at radius 3 is 2.32 bits per heavy atom. The molecule has 1 aliphatic heterocycles. The van der Waals surface area contributed by atoms with E-state index in [4.69, 9.17) is 0 Å². The van der Waals surface area contributed by atoms with Gasteiger partial charge >= 0.3 is 0 Å². The molecule has 28 heavy (non-hydrogen) atoms. The molecular weight excluding hydrogens is 360 g/mol. The number of hydrogen-bond acceptors (Lipinski definition) is 5. The molecule has 1 fully saturated rings. The zero-order valence-corrected chi connectivity index (χ0v) is 15.4. The molecule has 0 spiro atoms. The third-order valence-electron chi connectivity index (χ3n) is 4.76. The summed E-state index contributed by atoms with van der Waals surface area (Å²) in [7, 11) is 0. The van der Waals surface area contributed by atoms with Crippen LogP contribution < -0.4 is 0 Å². The Labute approximate surface area is 162 Å². The number of ketones is 1. The summed E-state index contributed by atoms with van der Waals surface area (Å²) in [6, 6.07) is 13.5. The van der Waals surface area contributed by atoms with Crippen molar-refractivity contribution in [2.75, 3.05) is 6.54 Å². The predicted molar refractivity (Wildman–Crippen MR) is 103 cm³/mol. The summed E-state index contributed by atoms with van der Waals surface area (Å²) in [6.45, 7) is 2.33. The van der Waals surface area contributed by atoms with Gasteiger partial charge in [-0.15, -0.1) is 0 Å². The number of hydrogen-bond donors (Lipinski definition) is 1. The summed E-state index contributed by atoms with van der Waals surface area (Å²) in [6.07, 6.45) is 1.52. The highest BCUT2D eigenvalue weighted by Crippen LogP contribution is 2.39. The van der Waals surface area contributed by atoms with Gasteiger partial charge in [-0.25, -0.2) is 0 Å². The van der Waals surface area contributed by atoms with Crippen molar-refractivity contribution >= 4 is 23.1 Å². The molecule has 2 aromatic carbocycles. The standard InChI is InChI=1S/C21H20N2O5/c1-2-3-13-22-18(14-9-11-16(12-10-14)23(27)28)17(20(25)21(22)26)19(24)15-7-5-4-6-8-15/h4-12,18,24H,2-3,13H2,1H3/b19-17+. The topological polar surface area (TPSA) is 101 Å². The molecule has 1 atom stereocenters. The molecule has 0 aliphatic carbocycles. The van der Waals surface area contributed by atoms with Gasteiger partial charge < -0.3 is 10.0 Å². The Morgan fingerprint density at radius 2 is 1.75 bits per heavy atom. The molecule has 1 unspecified atom stereocenters. The molecule has 0 bridgehead atoms. The van der Waals surface area contributed by atoms with Crippen LogP contribution >= 0.6 is 0 Å². The SMILES string of the molecule is CCCCN1C(=O)C(=O)/C(=C(/O)c2ccccc2)C1c1ccc([N+](=O)[O-])cc1. The second kappa shape index (κ2) is 8.04. The quantitative estimate of drug-likeness (QED) is 0.270. The maximum Gasteiger partial charge on any atom is 0.295 e. The fourth-order valence-corrected chi connectivity index (χ4v) is 3.32. The van der Waals surface area contributed by atoms with Crippen LogP contribution in [0.15, 0.2) is 60.2 Å². The number of benzene rings is 2. The van der Waals surface area contributed by atoms with E-state index < -0.39 is 22.7 Å². The van der Waals surface area contributed by atoms with Crippen molar-refractivity contribution < 1.29 is 19.6 Å². The minimum absolute atomic E-state index is 0.00107. The summed E-state index contributed by atoms with van der Waals surface area (Å²) < 4.78 is 0.